The Bertz CT molecular complexity index is 697. The number of nitrogens with zero attached hydrogens (tertiary/aromatic N) is 1. The molecular weight excluding hydrogens is 304 g/mol. The van der Waals surface area contributed by atoms with Gasteiger partial charge in [0.25, 0.3) is 11.8 Å². The Kier molecular flexibility index (Phi) is 5.16. The van der Waals surface area contributed by atoms with Crippen molar-refractivity contribution in [2.45, 2.75) is 20.3 Å². The van der Waals surface area contributed by atoms with Crippen molar-refractivity contribution in [1.82, 2.24) is 15.5 Å². The largest absolute Gasteiger partial charge is 0.351 e. The standard InChI is InChI=1S/C15H17ClN4O2/c1-3-8-17-15(22)12-9(2)13(20-19-12)18-14(21)10-6-4-5-7-11(10)16/h4-7H,3,8H2,1-2H3,(H,17,22)(H2,18,19,20,21). The molecule has 6 nitrogen and oxygen atoms in total. The van der Waals surface area contributed by atoms with Gasteiger partial charge in [-0.3, -0.25) is 14.7 Å². The number of carbonyl (C=O) groups is 2. The molecule has 116 valence electrons. The first-order valence-corrected chi connectivity index (χ1v) is 7.31. The molecule has 1 heterocycles. The number of aromatic amines is 1. The molecular formula is C15H17ClN4O2. The first kappa shape index (κ1) is 16.0. The molecule has 0 aliphatic heterocycles. The number of halogens is 1. The molecule has 1 aromatic heterocycles. The normalized spacial score (nSPS) is 10.3. The van der Waals surface area contributed by atoms with E-state index in [4.69, 9.17) is 11.6 Å². The lowest BCUT2D eigenvalue weighted by Gasteiger charge is -2.06. The summed E-state index contributed by atoms with van der Waals surface area (Å²) in [6, 6.07) is 6.74. The second-order valence-corrected chi connectivity index (χ2v) is 5.17. The topological polar surface area (TPSA) is 86.9 Å². The number of anilines is 1. The van der Waals surface area contributed by atoms with E-state index in [1.54, 1.807) is 31.2 Å². The van der Waals surface area contributed by atoms with E-state index in [1.807, 2.05) is 6.92 Å². The summed E-state index contributed by atoms with van der Waals surface area (Å²) < 4.78 is 0. The molecule has 0 bridgehead atoms. The summed E-state index contributed by atoms with van der Waals surface area (Å²) in [5, 5.41) is 12.4. The molecule has 2 aromatic rings. The fraction of sp³-hybridized carbons (Fsp3) is 0.267. The van der Waals surface area contributed by atoms with Crippen LogP contribution in [0.2, 0.25) is 5.02 Å². The van der Waals surface area contributed by atoms with Gasteiger partial charge in [-0.25, -0.2) is 0 Å². The molecule has 2 amide bonds. The summed E-state index contributed by atoms with van der Waals surface area (Å²) >= 11 is 5.99. The average molecular weight is 321 g/mol. The fourth-order valence-electron chi connectivity index (χ4n) is 1.89. The minimum Gasteiger partial charge on any atom is -0.351 e. The van der Waals surface area contributed by atoms with Crippen molar-refractivity contribution in [3.63, 3.8) is 0 Å². The predicted molar refractivity (Wildman–Crippen MR) is 85.4 cm³/mol. The monoisotopic (exact) mass is 320 g/mol. The number of rotatable bonds is 5. The second-order valence-electron chi connectivity index (χ2n) is 4.76. The van der Waals surface area contributed by atoms with Crippen molar-refractivity contribution in [2.24, 2.45) is 0 Å². The summed E-state index contributed by atoms with van der Waals surface area (Å²) in [6.07, 6.45) is 0.839. The Morgan fingerprint density at radius 1 is 1.27 bits per heavy atom. The van der Waals surface area contributed by atoms with E-state index < -0.39 is 0 Å². The molecule has 0 unspecified atom stereocenters. The molecule has 2 rings (SSSR count). The van der Waals surface area contributed by atoms with Crippen molar-refractivity contribution in [3.8, 4) is 0 Å². The van der Waals surface area contributed by atoms with E-state index in [1.165, 1.54) is 0 Å². The Hall–Kier alpha value is -2.34. The highest BCUT2D eigenvalue weighted by atomic mass is 35.5. The molecule has 3 N–H and O–H groups in total. The lowest BCUT2D eigenvalue weighted by atomic mass is 10.2. The highest BCUT2D eigenvalue weighted by molar-refractivity contribution is 6.34. The van der Waals surface area contributed by atoms with E-state index >= 15 is 0 Å². The van der Waals surface area contributed by atoms with Crippen LogP contribution < -0.4 is 10.6 Å². The Labute approximate surface area is 133 Å². The van der Waals surface area contributed by atoms with Crippen LogP contribution in [0.3, 0.4) is 0 Å². The SMILES string of the molecule is CCCNC(=O)c1n[nH]c(NC(=O)c2ccccc2Cl)c1C. The van der Waals surface area contributed by atoms with Crippen molar-refractivity contribution >= 4 is 29.2 Å². The second kappa shape index (κ2) is 7.09. The molecule has 0 fully saturated rings. The van der Waals surface area contributed by atoms with Crippen LogP contribution in [0.5, 0.6) is 0 Å². The van der Waals surface area contributed by atoms with Gasteiger partial charge < -0.3 is 10.6 Å². The van der Waals surface area contributed by atoms with Gasteiger partial charge in [0, 0.05) is 12.1 Å². The van der Waals surface area contributed by atoms with Crippen LogP contribution in [0.15, 0.2) is 24.3 Å². The molecule has 0 radical (unpaired) electrons. The zero-order valence-corrected chi connectivity index (χ0v) is 13.1. The number of carbonyl (C=O) groups excluding carboxylic acids is 2. The number of hydrogen-bond acceptors (Lipinski definition) is 3. The number of hydrogen-bond donors (Lipinski definition) is 3. The molecule has 7 heteroatoms. The lowest BCUT2D eigenvalue weighted by molar-refractivity contribution is 0.0947. The minimum absolute atomic E-state index is 0.267. The predicted octanol–water partition coefficient (Wildman–Crippen LogP) is 2.76. The number of aromatic nitrogens is 2. The first-order chi connectivity index (χ1) is 10.5. The highest BCUT2D eigenvalue weighted by Gasteiger charge is 2.18. The number of H-pyrrole nitrogens is 1. The maximum Gasteiger partial charge on any atom is 0.272 e. The van der Waals surface area contributed by atoms with E-state index in [2.05, 4.69) is 20.8 Å². The van der Waals surface area contributed by atoms with Gasteiger partial charge in [-0.1, -0.05) is 30.7 Å². The third kappa shape index (κ3) is 3.46. The summed E-state index contributed by atoms with van der Waals surface area (Å²) in [4.78, 5) is 24.1. The quantitative estimate of drug-likeness (QED) is 0.791. The maximum atomic E-state index is 12.2. The van der Waals surface area contributed by atoms with Crippen molar-refractivity contribution in [3.05, 3.63) is 46.1 Å². The number of nitrogens with one attached hydrogen (secondary N) is 3. The first-order valence-electron chi connectivity index (χ1n) is 6.93. The number of benzene rings is 1. The van der Waals surface area contributed by atoms with Gasteiger partial charge in [0.05, 0.1) is 10.6 Å². The van der Waals surface area contributed by atoms with E-state index in [0.717, 1.165) is 6.42 Å². The zero-order valence-electron chi connectivity index (χ0n) is 12.4. The van der Waals surface area contributed by atoms with Gasteiger partial charge in [-0.15, -0.1) is 0 Å². The van der Waals surface area contributed by atoms with E-state index in [0.29, 0.717) is 28.5 Å². The molecule has 0 saturated carbocycles. The van der Waals surface area contributed by atoms with Crippen molar-refractivity contribution in [2.75, 3.05) is 11.9 Å². The Morgan fingerprint density at radius 3 is 2.68 bits per heavy atom. The van der Waals surface area contributed by atoms with Gasteiger partial charge in [0.15, 0.2) is 5.69 Å². The van der Waals surface area contributed by atoms with Crippen LogP contribution >= 0.6 is 11.6 Å². The van der Waals surface area contributed by atoms with Crippen LogP contribution in [-0.2, 0) is 0 Å². The highest BCUT2D eigenvalue weighted by Crippen LogP contribution is 2.19. The van der Waals surface area contributed by atoms with Crippen LogP contribution in [0, 0.1) is 6.92 Å². The Morgan fingerprint density at radius 2 is 2.00 bits per heavy atom. The number of amides is 2. The van der Waals surface area contributed by atoms with Gasteiger partial charge in [-0.2, -0.15) is 5.10 Å². The molecule has 1 aromatic carbocycles. The van der Waals surface area contributed by atoms with Gasteiger partial charge in [-0.05, 0) is 25.5 Å². The van der Waals surface area contributed by atoms with Crippen LogP contribution in [0.1, 0.15) is 39.8 Å². The fourth-order valence-corrected chi connectivity index (χ4v) is 2.11. The molecule has 0 aliphatic rings. The molecule has 0 saturated heterocycles. The van der Waals surface area contributed by atoms with Crippen LogP contribution in [-0.4, -0.2) is 28.6 Å². The third-order valence-electron chi connectivity index (χ3n) is 3.12. The smallest absolute Gasteiger partial charge is 0.272 e. The van der Waals surface area contributed by atoms with Crippen molar-refractivity contribution < 1.29 is 9.59 Å². The Balaban J connectivity index is 2.14. The van der Waals surface area contributed by atoms with Crippen molar-refractivity contribution in [1.29, 1.82) is 0 Å². The summed E-state index contributed by atoms with van der Waals surface area (Å²) in [7, 11) is 0. The third-order valence-corrected chi connectivity index (χ3v) is 3.45. The zero-order chi connectivity index (χ0) is 16.1. The van der Waals surface area contributed by atoms with E-state index in [-0.39, 0.29) is 17.5 Å². The molecule has 0 aliphatic carbocycles. The molecule has 0 atom stereocenters. The summed E-state index contributed by atoms with van der Waals surface area (Å²) in [6.45, 7) is 4.26. The lowest BCUT2D eigenvalue weighted by Crippen LogP contribution is -2.25. The maximum absolute atomic E-state index is 12.2. The summed E-state index contributed by atoms with van der Waals surface area (Å²) in [5.41, 5.74) is 1.20. The minimum atomic E-state index is -0.363. The van der Waals surface area contributed by atoms with E-state index in [9.17, 15) is 9.59 Å². The molecule has 22 heavy (non-hydrogen) atoms. The van der Waals surface area contributed by atoms with Gasteiger partial charge in [0.2, 0.25) is 0 Å². The summed E-state index contributed by atoms with van der Waals surface area (Å²) in [5.74, 6) is -0.252. The van der Waals surface area contributed by atoms with Gasteiger partial charge >= 0.3 is 0 Å². The average Bonchev–Trinajstić information content (AvgIpc) is 2.86. The van der Waals surface area contributed by atoms with Crippen LogP contribution in [0.4, 0.5) is 5.82 Å². The molecule has 0 spiro atoms. The van der Waals surface area contributed by atoms with Gasteiger partial charge in [0.1, 0.15) is 5.82 Å². The van der Waals surface area contributed by atoms with Crippen LogP contribution in [0.25, 0.3) is 0 Å².